The highest BCUT2D eigenvalue weighted by Gasteiger charge is 2.10. The summed E-state index contributed by atoms with van der Waals surface area (Å²) in [5, 5.41) is 0. The van der Waals surface area contributed by atoms with Crippen LogP contribution in [0.2, 0.25) is 0 Å². The molecule has 5 nitrogen and oxygen atoms in total. The van der Waals surface area contributed by atoms with Crippen LogP contribution in [-0.2, 0) is 10.2 Å². The van der Waals surface area contributed by atoms with Gasteiger partial charge in [0.1, 0.15) is 6.29 Å². The average molecular weight is 242 g/mol. The fourth-order valence-corrected chi connectivity index (χ4v) is 2.25. The molecule has 0 aliphatic carbocycles. The summed E-state index contributed by atoms with van der Waals surface area (Å²) >= 11 is 0. The summed E-state index contributed by atoms with van der Waals surface area (Å²) in [5.74, 6) is 0. The van der Waals surface area contributed by atoms with E-state index in [0.717, 1.165) is 0 Å². The number of nitrogens with one attached hydrogen (secondary N) is 2. The summed E-state index contributed by atoms with van der Waals surface area (Å²) < 4.78 is 27.7. The average Bonchev–Trinajstić information content (AvgIpc) is 2.16. The van der Waals surface area contributed by atoms with E-state index < -0.39 is 10.2 Å². The Balaban J connectivity index is 2.76. The first-order valence-electron chi connectivity index (χ1n) is 4.78. The van der Waals surface area contributed by atoms with Gasteiger partial charge in [-0.3, -0.25) is 9.52 Å². The molecule has 1 aromatic carbocycles. The fourth-order valence-electron chi connectivity index (χ4n) is 1.12. The molecule has 0 amide bonds. The zero-order valence-corrected chi connectivity index (χ0v) is 9.91. The Morgan fingerprint density at radius 2 is 1.75 bits per heavy atom. The van der Waals surface area contributed by atoms with Crippen molar-refractivity contribution < 1.29 is 13.2 Å². The lowest BCUT2D eigenvalue weighted by Crippen LogP contribution is -2.35. The third kappa shape index (κ3) is 4.00. The minimum atomic E-state index is -3.54. The number of hydrogen-bond donors (Lipinski definition) is 2. The molecule has 0 heterocycles. The highest BCUT2D eigenvalue weighted by molar-refractivity contribution is 7.90. The van der Waals surface area contributed by atoms with Gasteiger partial charge in [-0.25, -0.2) is 0 Å². The summed E-state index contributed by atoms with van der Waals surface area (Å²) in [6.07, 6.45) is 0.699. The molecule has 0 saturated heterocycles. The molecule has 0 bridgehead atoms. The van der Waals surface area contributed by atoms with E-state index in [2.05, 4.69) is 9.44 Å². The number of anilines is 1. The number of carbonyl (C=O) groups is 1. The molecule has 0 aliphatic heterocycles. The number of benzene rings is 1. The number of rotatable bonds is 5. The second kappa shape index (κ2) is 5.09. The Kier molecular flexibility index (Phi) is 4.03. The van der Waals surface area contributed by atoms with Gasteiger partial charge >= 0.3 is 0 Å². The van der Waals surface area contributed by atoms with Crippen molar-refractivity contribution >= 4 is 22.2 Å². The predicted molar refractivity (Wildman–Crippen MR) is 62.6 cm³/mol. The number of carbonyl (C=O) groups excluding carboxylic acids is 1. The lowest BCUT2D eigenvalue weighted by molar-refractivity contribution is 0.112. The van der Waals surface area contributed by atoms with Crippen LogP contribution in [0.15, 0.2) is 24.3 Å². The fraction of sp³-hybridized carbons (Fsp3) is 0.300. The summed E-state index contributed by atoms with van der Waals surface area (Å²) in [5.41, 5.74) is 0.915. The van der Waals surface area contributed by atoms with Crippen molar-refractivity contribution in [1.82, 2.24) is 4.72 Å². The molecule has 0 radical (unpaired) electrons. The van der Waals surface area contributed by atoms with E-state index in [1.807, 2.05) is 0 Å². The maximum Gasteiger partial charge on any atom is 0.299 e. The van der Waals surface area contributed by atoms with Gasteiger partial charge in [-0.15, -0.1) is 0 Å². The lowest BCUT2D eigenvalue weighted by Gasteiger charge is -2.11. The van der Waals surface area contributed by atoms with E-state index in [0.29, 0.717) is 17.5 Å². The molecule has 0 saturated carbocycles. The maximum absolute atomic E-state index is 11.5. The number of aldehydes is 1. The molecule has 1 aromatic rings. The standard InChI is InChI=1S/C10H14N2O3S/c1-8(2)11-16(14,15)12-10-5-3-9(7-13)4-6-10/h3-8,11-12H,1-2H3. The third-order valence-corrected chi connectivity index (χ3v) is 2.98. The molecule has 0 spiro atoms. The van der Waals surface area contributed by atoms with Crippen molar-refractivity contribution in [2.45, 2.75) is 19.9 Å². The van der Waals surface area contributed by atoms with Gasteiger partial charge in [0, 0.05) is 17.3 Å². The van der Waals surface area contributed by atoms with E-state index in [1.54, 1.807) is 26.0 Å². The molecule has 0 aromatic heterocycles. The smallest absolute Gasteiger partial charge is 0.298 e. The zero-order valence-electron chi connectivity index (χ0n) is 9.10. The summed E-state index contributed by atoms with van der Waals surface area (Å²) in [7, 11) is -3.54. The van der Waals surface area contributed by atoms with E-state index >= 15 is 0 Å². The largest absolute Gasteiger partial charge is 0.299 e. The van der Waals surface area contributed by atoms with Crippen LogP contribution in [0.5, 0.6) is 0 Å². The quantitative estimate of drug-likeness (QED) is 0.761. The second-order valence-electron chi connectivity index (χ2n) is 3.62. The Labute approximate surface area is 95.0 Å². The van der Waals surface area contributed by atoms with Gasteiger partial charge in [-0.05, 0) is 38.1 Å². The van der Waals surface area contributed by atoms with Crippen LogP contribution in [0.3, 0.4) is 0 Å². The topological polar surface area (TPSA) is 75.3 Å². The Morgan fingerprint density at radius 1 is 1.19 bits per heavy atom. The normalized spacial score (nSPS) is 11.4. The van der Waals surface area contributed by atoms with E-state index in [1.165, 1.54) is 12.1 Å². The Hall–Kier alpha value is -1.40. The van der Waals surface area contributed by atoms with Crippen molar-refractivity contribution in [3.8, 4) is 0 Å². The van der Waals surface area contributed by atoms with Crippen LogP contribution >= 0.6 is 0 Å². The zero-order chi connectivity index (χ0) is 12.2. The van der Waals surface area contributed by atoms with Crippen molar-refractivity contribution in [2.24, 2.45) is 0 Å². The van der Waals surface area contributed by atoms with Crippen molar-refractivity contribution in [1.29, 1.82) is 0 Å². The van der Waals surface area contributed by atoms with Gasteiger partial charge in [-0.2, -0.15) is 13.1 Å². The first-order valence-corrected chi connectivity index (χ1v) is 6.26. The molecule has 2 N–H and O–H groups in total. The number of hydrogen-bond acceptors (Lipinski definition) is 3. The van der Waals surface area contributed by atoms with Crippen LogP contribution in [0.4, 0.5) is 5.69 Å². The van der Waals surface area contributed by atoms with Gasteiger partial charge in [0.05, 0.1) is 0 Å². The SMILES string of the molecule is CC(C)NS(=O)(=O)Nc1ccc(C=O)cc1. The second-order valence-corrected chi connectivity index (χ2v) is 5.06. The van der Waals surface area contributed by atoms with Crippen LogP contribution in [0.25, 0.3) is 0 Å². The molecule has 0 atom stereocenters. The molecule has 0 unspecified atom stereocenters. The van der Waals surface area contributed by atoms with Gasteiger partial charge in [-0.1, -0.05) is 0 Å². The summed E-state index contributed by atoms with van der Waals surface area (Å²) in [6, 6.07) is 5.97. The maximum atomic E-state index is 11.5. The summed E-state index contributed by atoms with van der Waals surface area (Å²) in [6.45, 7) is 3.46. The van der Waals surface area contributed by atoms with Crippen molar-refractivity contribution in [3.05, 3.63) is 29.8 Å². The highest BCUT2D eigenvalue weighted by Crippen LogP contribution is 2.09. The third-order valence-electron chi connectivity index (χ3n) is 1.69. The Bertz CT molecular complexity index is 451. The molecule has 1 rings (SSSR count). The minimum absolute atomic E-state index is 0.174. The lowest BCUT2D eigenvalue weighted by atomic mass is 10.2. The molecule has 6 heteroatoms. The molecule has 0 aliphatic rings. The van der Waals surface area contributed by atoms with Crippen molar-refractivity contribution in [3.63, 3.8) is 0 Å². The van der Waals surface area contributed by atoms with E-state index in [4.69, 9.17) is 0 Å². The Morgan fingerprint density at radius 3 is 2.19 bits per heavy atom. The minimum Gasteiger partial charge on any atom is -0.298 e. The van der Waals surface area contributed by atoms with Crippen LogP contribution in [-0.4, -0.2) is 20.7 Å². The molecule has 16 heavy (non-hydrogen) atoms. The van der Waals surface area contributed by atoms with Gasteiger partial charge in [0.15, 0.2) is 0 Å². The van der Waals surface area contributed by atoms with Crippen LogP contribution in [0, 0.1) is 0 Å². The first kappa shape index (κ1) is 12.7. The molecule has 0 fully saturated rings. The van der Waals surface area contributed by atoms with Crippen LogP contribution in [0.1, 0.15) is 24.2 Å². The molecular weight excluding hydrogens is 228 g/mol. The van der Waals surface area contributed by atoms with E-state index in [9.17, 15) is 13.2 Å². The predicted octanol–water partition coefficient (Wildman–Crippen LogP) is 1.15. The van der Waals surface area contributed by atoms with Gasteiger partial charge in [0.2, 0.25) is 0 Å². The molecular formula is C10H14N2O3S. The summed E-state index contributed by atoms with van der Waals surface area (Å²) in [4.78, 5) is 10.4. The molecule has 88 valence electrons. The van der Waals surface area contributed by atoms with E-state index in [-0.39, 0.29) is 6.04 Å². The van der Waals surface area contributed by atoms with Gasteiger partial charge < -0.3 is 0 Å². The first-order chi connectivity index (χ1) is 7.43. The highest BCUT2D eigenvalue weighted by atomic mass is 32.2. The monoisotopic (exact) mass is 242 g/mol. The van der Waals surface area contributed by atoms with Crippen molar-refractivity contribution in [2.75, 3.05) is 4.72 Å². The van der Waals surface area contributed by atoms with Crippen LogP contribution < -0.4 is 9.44 Å². The van der Waals surface area contributed by atoms with Gasteiger partial charge in [0.25, 0.3) is 10.2 Å².